The van der Waals surface area contributed by atoms with Crippen LogP contribution in [0.5, 0.6) is 11.6 Å². The van der Waals surface area contributed by atoms with Crippen molar-refractivity contribution in [1.82, 2.24) is 9.97 Å². The summed E-state index contributed by atoms with van der Waals surface area (Å²) in [4.78, 5) is 19.5. The van der Waals surface area contributed by atoms with E-state index in [0.717, 1.165) is 14.0 Å². The van der Waals surface area contributed by atoms with Crippen LogP contribution in [0.3, 0.4) is 0 Å². The first-order valence-corrected chi connectivity index (χ1v) is 6.99. The number of pyridine rings is 2. The monoisotopic (exact) mass is 360 g/mol. The predicted octanol–water partition coefficient (Wildman–Crippen LogP) is 4.34. The molecule has 0 atom stereocenters. The zero-order valence-corrected chi connectivity index (χ0v) is 13.6. The summed E-state index contributed by atoms with van der Waals surface area (Å²) in [5.74, 6) is -1.09. The van der Waals surface area contributed by atoms with Gasteiger partial charge in [-0.05, 0) is 31.5 Å². The standard InChI is InChI=1S/C15H12ClF3N2O3/c1-7-9(15(17,18)19)6-20-13(12(7)14(22)23-3)24-10-4-5-11(16)21-8(10)2/h4-6H,1-3H3. The summed E-state index contributed by atoms with van der Waals surface area (Å²) in [7, 11) is 1.06. The van der Waals surface area contributed by atoms with Crippen molar-refractivity contribution in [2.24, 2.45) is 0 Å². The van der Waals surface area contributed by atoms with Gasteiger partial charge >= 0.3 is 12.1 Å². The highest BCUT2D eigenvalue weighted by Crippen LogP contribution is 2.36. The van der Waals surface area contributed by atoms with Crippen molar-refractivity contribution in [3.63, 3.8) is 0 Å². The van der Waals surface area contributed by atoms with E-state index in [1.54, 1.807) is 6.92 Å². The zero-order chi connectivity index (χ0) is 18.1. The lowest BCUT2D eigenvalue weighted by molar-refractivity contribution is -0.138. The van der Waals surface area contributed by atoms with Gasteiger partial charge in [0.2, 0.25) is 5.88 Å². The van der Waals surface area contributed by atoms with E-state index >= 15 is 0 Å². The number of hydrogen-bond acceptors (Lipinski definition) is 5. The highest BCUT2D eigenvalue weighted by molar-refractivity contribution is 6.29. The molecule has 2 aromatic rings. The molecule has 5 nitrogen and oxygen atoms in total. The fourth-order valence-corrected chi connectivity index (χ4v) is 2.20. The SMILES string of the molecule is COC(=O)c1c(Oc2ccc(Cl)nc2C)ncc(C(F)(F)F)c1C. The van der Waals surface area contributed by atoms with Gasteiger partial charge in [0.25, 0.3) is 0 Å². The predicted molar refractivity (Wildman–Crippen MR) is 79.4 cm³/mol. The Bertz CT molecular complexity index is 794. The summed E-state index contributed by atoms with van der Waals surface area (Å²) in [6.45, 7) is 2.74. The van der Waals surface area contributed by atoms with E-state index in [2.05, 4.69) is 14.7 Å². The average molecular weight is 361 g/mol. The van der Waals surface area contributed by atoms with Gasteiger partial charge in [-0.1, -0.05) is 11.6 Å². The van der Waals surface area contributed by atoms with Gasteiger partial charge < -0.3 is 9.47 Å². The van der Waals surface area contributed by atoms with Gasteiger partial charge in [0, 0.05) is 6.20 Å². The zero-order valence-electron chi connectivity index (χ0n) is 12.9. The average Bonchev–Trinajstić information content (AvgIpc) is 2.48. The number of methoxy groups -OCH3 is 1. The molecule has 128 valence electrons. The first-order chi connectivity index (χ1) is 11.1. The van der Waals surface area contributed by atoms with Crippen LogP contribution in [0, 0.1) is 13.8 Å². The Morgan fingerprint density at radius 3 is 2.46 bits per heavy atom. The fourth-order valence-electron chi connectivity index (χ4n) is 2.01. The molecule has 24 heavy (non-hydrogen) atoms. The largest absolute Gasteiger partial charge is 0.465 e. The highest BCUT2D eigenvalue weighted by Gasteiger charge is 2.36. The number of alkyl halides is 3. The minimum absolute atomic E-state index is 0.205. The highest BCUT2D eigenvalue weighted by atomic mass is 35.5. The lowest BCUT2D eigenvalue weighted by Crippen LogP contribution is -2.15. The molecule has 0 aromatic carbocycles. The molecule has 0 unspecified atom stereocenters. The molecule has 0 saturated heterocycles. The Labute approximate surface area is 140 Å². The van der Waals surface area contributed by atoms with Crippen LogP contribution in [0.1, 0.15) is 27.2 Å². The molecule has 2 aromatic heterocycles. The van der Waals surface area contributed by atoms with Crippen LogP contribution in [0.2, 0.25) is 5.15 Å². The third-order valence-corrected chi connectivity index (χ3v) is 3.42. The third kappa shape index (κ3) is 3.59. The first kappa shape index (κ1) is 18.0. The maximum absolute atomic E-state index is 13.0. The van der Waals surface area contributed by atoms with E-state index in [0.29, 0.717) is 11.9 Å². The van der Waals surface area contributed by atoms with Gasteiger partial charge in [0.05, 0.1) is 18.4 Å². The minimum Gasteiger partial charge on any atom is -0.465 e. The van der Waals surface area contributed by atoms with E-state index in [4.69, 9.17) is 16.3 Å². The van der Waals surface area contributed by atoms with E-state index in [1.165, 1.54) is 12.1 Å². The summed E-state index contributed by atoms with van der Waals surface area (Å²) in [6, 6.07) is 2.92. The second-order valence-electron chi connectivity index (χ2n) is 4.79. The molecule has 0 aliphatic rings. The number of hydrogen-bond donors (Lipinski definition) is 0. The van der Waals surface area contributed by atoms with Gasteiger partial charge in [-0.3, -0.25) is 0 Å². The number of nitrogens with zero attached hydrogens (tertiary/aromatic N) is 2. The molecule has 0 bridgehead atoms. The lowest BCUT2D eigenvalue weighted by atomic mass is 10.1. The summed E-state index contributed by atoms with van der Waals surface area (Å²) < 4.78 is 49.0. The molecule has 0 aliphatic carbocycles. The van der Waals surface area contributed by atoms with Crippen LogP contribution >= 0.6 is 11.6 Å². The van der Waals surface area contributed by atoms with Crippen LogP contribution in [-0.2, 0) is 10.9 Å². The quantitative estimate of drug-likeness (QED) is 0.601. The normalized spacial score (nSPS) is 11.3. The molecule has 0 amide bonds. The van der Waals surface area contributed by atoms with Gasteiger partial charge in [-0.15, -0.1) is 0 Å². The van der Waals surface area contributed by atoms with Crippen molar-refractivity contribution in [3.05, 3.63) is 45.9 Å². The number of halogens is 4. The van der Waals surface area contributed by atoms with Crippen molar-refractivity contribution >= 4 is 17.6 Å². The van der Waals surface area contributed by atoms with Gasteiger partial charge in [-0.25, -0.2) is 14.8 Å². The van der Waals surface area contributed by atoms with Crippen LogP contribution in [0.15, 0.2) is 18.3 Å². The molecule has 9 heteroatoms. The Morgan fingerprint density at radius 2 is 1.92 bits per heavy atom. The van der Waals surface area contributed by atoms with Gasteiger partial charge in [0.1, 0.15) is 10.7 Å². The third-order valence-electron chi connectivity index (χ3n) is 3.21. The topological polar surface area (TPSA) is 61.3 Å². The van der Waals surface area contributed by atoms with Gasteiger partial charge in [0.15, 0.2) is 5.75 Å². The summed E-state index contributed by atoms with van der Waals surface area (Å²) in [5, 5.41) is 0.226. The van der Waals surface area contributed by atoms with Crippen LogP contribution in [0.4, 0.5) is 13.2 Å². The number of rotatable bonds is 3. The van der Waals surface area contributed by atoms with Crippen molar-refractivity contribution in [2.45, 2.75) is 20.0 Å². The summed E-state index contributed by atoms with van der Waals surface area (Å²) in [6.07, 6.45) is -4.05. The molecule has 0 N–H and O–H groups in total. The Morgan fingerprint density at radius 1 is 1.25 bits per heavy atom. The number of carbonyl (C=O) groups excluding carboxylic acids is 1. The van der Waals surface area contributed by atoms with Crippen LogP contribution < -0.4 is 4.74 Å². The maximum atomic E-state index is 13.0. The first-order valence-electron chi connectivity index (χ1n) is 6.61. The van der Waals surface area contributed by atoms with Crippen molar-refractivity contribution < 1.29 is 27.4 Å². The van der Waals surface area contributed by atoms with E-state index in [9.17, 15) is 18.0 Å². The van der Waals surface area contributed by atoms with Crippen molar-refractivity contribution in [2.75, 3.05) is 7.11 Å². The Hall–Kier alpha value is -2.35. The number of aromatic nitrogens is 2. The molecular formula is C15H12ClF3N2O3. The second-order valence-corrected chi connectivity index (χ2v) is 5.17. The molecule has 0 fully saturated rings. The lowest BCUT2D eigenvalue weighted by Gasteiger charge is -2.16. The number of esters is 1. The summed E-state index contributed by atoms with van der Waals surface area (Å²) >= 11 is 5.74. The maximum Gasteiger partial charge on any atom is 0.418 e. The second kappa shape index (κ2) is 6.64. The van der Waals surface area contributed by atoms with Gasteiger partial charge in [-0.2, -0.15) is 13.2 Å². The molecule has 0 saturated carbocycles. The number of ether oxygens (including phenoxy) is 2. The van der Waals surface area contributed by atoms with E-state index in [1.807, 2.05) is 0 Å². The van der Waals surface area contributed by atoms with E-state index in [-0.39, 0.29) is 22.3 Å². The van der Waals surface area contributed by atoms with Crippen molar-refractivity contribution in [3.8, 4) is 11.6 Å². The Kier molecular flexibility index (Phi) is 4.98. The Balaban J connectivity index is 2.57. The summed E-state index contributed by atoms with van der Waals surface area (Å²) in [5.41, 5.74) is -1.39. The molecular weight excluding hydrogens is 349 g/mol. The minimum atomic E-state index is -4.66. The molecule has 2 rings (SSSR count). The molecule has 0 radical (unpaired) electrons. The fraction of sp³-hybridized carbons (Fsp3) is 0.267. The molecule has 2 heterocycles. The van der Waals surface area contributed by atoms with Crippen molar-refractivity contribution in [1.29, 1.82) is 0 Å². The van der Waals surface area contributed by atoms with Crippen LogP contribution in [-0.4, -0.2) is 23.0 Å². The smallest absolute Gasteiger partial charge is 0.418 e. The molecule has 0 aliphatic heterocycles. The number of carbonyl (C=O) groups is 1. The van der Waals surface area contributed by atoms with E-state index < -0.39 is 23.3 Å². The number of aryl methyl sites for hydroxylation is 1. The molecule has 0 spiro atoms. The van der Waals surface area contributed by atoms with Crippen LogP contribution in [0.25, 0.3) is 0 Å².